The number of rotatable bonds is 4. The van der Waals surface area contributed by atoms with Gasteiger partial charge in [0, 0.05) is 51.2 Å². The minimum atomic E-state index is 0.514. The first kappa shape index (κ1) is 17.5. The molecule has 1 N–H and O–H groups in total. The van der Waals surface area contributed by atoms with E-state index in [1.807, 2.05) is 13.1 Å². The molecular weight excluding hydrogens is 318 g/mol. The van der Waals surface area contributed by atoms with Gasteiger partial charge in [-0.3, -0.25) is 9.89 Å². The van der Waals surface area contributed by atoms with E-state index in [1.54, 1.807) is 11.3 Å². The average molecular weight is 344 g/mol. The van der Waals surface area contributed by atoms with Crippen LogP contribution < -0.4 is 5.32 Å². The molecule has 0 aliphatic carbocycles. The van der Waals surface area contributed by atoms with Crippen molar-refractivity contribution in [3.8, 4) is 0 Å². The average Bonchev–Trinajstić information content (AvgIpc) is 2.88. The Morgan fingerprint density at radius 2 is 2.23 bits per heavy atom. The summed E-state index contributed by atoms with van der Waals surface area (Å²) in [7, 11) is 8.26. The van der Waals surface area contributed by atoms with Gasteiger partial charge >= 0.3 is 0 Å². The van der Waals surface area contributed by atoms with E-state index in [0.717, 1.165) is 43.0 Å². The molecule has 2 heterocycles. The highest BCUT2D eigenvalue weighted by molar-refractivity contribution is 7.16. The third-order valence-corrected chi connectivity index (χ3v) is 5.29. The van der Waals surface area contributed by atoms with Crippen molar-refractivity contribution in [1.29, 1.82) is 0 Å². The van der Waals surface area contributed by atoms with Crippen molar-refractivity contribution in [3.05, 3.63) is 21.3 Å². The predicted octanol–water partition coefficient (Wildman–Crippen LogP) is 1.65. The van der Waals surface area contributed by atoms with E-state index in [-0.39, 0.29) is 0 Å². The van der Waals surface area contributed by atoms with Gasteiger partial charge in [0.25, 0.3) is 0 Å². The Hall–Kier alpha value is -0.820. The molecule has 1 aliphatic rings. The maximum atomic E-state index is 5.99. The minimum absolute atomic E-state index is 0.514. The molecule has 1 unspecified atom stereocenters. The van der Waals surface area contributed by atoms with Gasteiger partial charge in [-0.25, -0.2) is 0 Å². The Morgan fingerprint density at radius 3 is 2.86 bits per heavy atom. The summed E-state index contributed by atoms with van der Waals surface area (Å²) < 4.78 is 0.832. The second-order valence-corrected chi connectivity index (χ2v) is 7.69. The van der Waals surface area contributed by atoms with Gasteiger partial charge in [0.1, 0.15) is 0 Å². The molecule has 124 valence electrons. The number of nitrogens with zero attached hydrogens (tertiary/aromatic N) is 4. The van der Waals surface area contributed by atoms with E-state index in [9.17, 15) is 0 Å². The summed E-state index contributed by atoms with van der Waals surface area (Å²) in [6.45, 7) is 5.07. The number of aliphatic imine (C=N–C) groups is 1. The van der Waals surface area contributed by atoms with Crippen molar-refractivity contribution in [2.75, 3.05) is 54.4 Å². The maximum Gasteiger partial charge on any atom is 0.193 e. The summed E-state index contributed by atoms with van der Waals surface area (Å²) in [6.07, 6.45) is 0. The molecule has 0 saturated carbocycles. The highest BCUT2D eigenvalue weighted by Gasteiger charge is 2.22. The van der Waals surface area contributed by atoms with Gasteiger partial charge in [-0.15, -0.1) is 11.3 Å². The van der Waals surface area contributed by atoms with E-state index >= 15 is 0 Å². The number of hydrogen-bond donors (Lipinski definition) is 1. The predicted molar refractivity (Wildman–Crippen MR) is 96.1 cm³/mol. The molecule has 0 bridgehead atoms. The van der Waals surface area contributed by atoms with Gasteiger partial charge in [0.05, 0.1) is 10.9 Å². The van der Waals surface area contributed by atoms with Crippen LogP contribution in [0.25, 0.3) is 0 Å². The van der Waals surface area contributed by atoms with Gasteiger partial charge in [-0.2, -0.15) is 0 Å². The molecule has 2 rings (SSSR count). The second-order valence-electron chi connectivity index (χ2n) is 5.89. The van der Waals surface area contributed by atoms with Crippen molar-refractivity contribution >= 4 is 28.9 Å². The van der Waals surface area contributed by atoms with Crippen LogP contribution in [0.5, 0.6) is 0 Å². The summed E-state index contributed by atoms with van der Waals surface area (Å²) in [5.74, 6) is 0.922. The zero-order valence-corrected chi connectivity index (χ0v) is 15.4. The smallest absolute Gasteiger partial charge is 0.193 e. The number of hydrogen-bond acceptors (Lipinski definition) is 4. The highest BCUT2D eigenvalue weighted by Crippen LogP contribution is 2.22. The normalized spacial score (nSPS) is 21.1. The summed E-state index contributed by atoms with van der Waals surface area (Å²) in [6, 6.07) is 4.53. The number of guanidine groups is 1. The van der Waals surface area contributed by atoms with Gasteiger partial charge in [-0.1, -0.05) is 11.6 Å². The molecule has 0 radical (unpaired) electrons. The van der Waals surface area contributed by atoms with Crippen LogP contribution in [0.1, 0.15) is 4.88 Å². The lowest BCUT2D eigenvalue weighted by molar-refractivity contribution is 0.116. The number of likely N-dealkylation sites (N-methyl/N-ethyl adjacent to an activating group) is 2. The molecular formula is C15H26ClN5S. The molecule has 1 fully saturated rings. The first-order valence-corrected chi connectivity index (χ1v) is 8.74. The molecule has 0 amide bonds. The van der Waals surface area contributed by atoms with Gasteiger partial charge < -0.3 is 15.1 Å². The van der Waals surface area contributed by atoms with Crippen LogP contribution in [0, 0.1) is 0 Å². The van der Waals surface area contributed by atoms with Crippen LogP contribution in [-0.2, 0) is 6.54 Å². The monoisotopic (exact) mass is 343 g/mol. The molecule has 1 aromatic heterocycles. The highest BCUT2D eigenvalue weighted by atomic mass is 35.5. The number of nitrogens with one attached hydrogen (secondary N) is 1. The zero-order valence-electron chi connectivity index (χ0n) is 13.8. The van der Waals surface area contributed by atoms with Crippen LogP contribution in [-0.4, -0.2) is 81.1 Å². The van der Waals surface area contributed by atoms with Crippen LogP contribution in [0.4, 0.5) is 0 Å². The van der Waals surface area contributed by atoms with Crippen LogP contribution in [0.3, 0.4) is 0 Å². The third-order valence-electron chi connectivity index (χ3n) is 4.07. The van der Waals surface area contributed by atoms with Crippen LogP contribution >= 0.6 is 22.9 Å². The van der Waals surface area contributed by atoms with E-state index in [4.69, 9.17) is 11.6 Å². The lowest BCUT2D eigenvalue weighted by atomic mass is 10.2. The molecule has 0 spiro atoms. The molecule has 1 aliphatic heterocycles. The van der Waals surface area contributed by atoms with E-state index < -0.39 is 0 Å². The summed E-state index contributed by atoms with van der Waals surface area (Å²) in [5.41, 5.74) is 0. The fourth-order valence-corrected chi connectivity index (χ4v) is 3.80. The lowest BCUT2D eigenvalue weighted by Gasteiger charge is -2.38. The number of thiophene rings is 1. The fraction of sp³-hybridized carbons (Fsp3) is 0.667. The summed E-state index contributed by atoms with van der Waals surface area (Å²) >= 11 is 7.61. The topological polar surface area (TPSA) is 34.1 Å². The van der Waals surface area contributed by atoms with Gasteiger partial charge in [-0.05, 0) is 26.2 Å². The minimum Gasteiger partial charge on any atom is -0.355 e. The first-order chi connectivity index (χ1) is 10.5. The zero-order chi connectivity index (χ0) is 16.1. The van der Waals surface area contributed by atoms with Crippen molar-refractivity contribution < 1.29 is 0 Å². The number of piperazine rings is 1. The Bertz CT molecular complexity index is 504. The second kappa shape index (κ2) is 8.15. The standard InChI is InChI=1S/C15H26ClN5S/c1-17-15(21(4)11-13-5-6-14(16)22-13)18-9-12-10-19(2)7-8-20(12)3/h5-6,12H,7-11H2,1-4H3,(H,17,18). The summed E-state index contributed by atoms with van der Waals surface area (Å²) in [4.78, 5) is 12.6. The number of halogens is 1. The van der Waals surface area contributed by atoms with Crippen molar-refractivity contribution in [3.63, 3.8) is 0 Å². The Balaban J connectivity index is 1.86. The Labute approximate surface area is 142 Å². The van der Waals surface area contributed by atoms with E-state index in [1.165, 1.54) is 4.88 Å². The molecule has 5 nitrogen and oxygen atoms in total. The molecule has 1 aromatic rings. The van der Waals surface area contributed by atoms with Crippen molar-refractivity contribution in [2.45, 2.75) is 12.6 Å². The molecule has 7 heteroatoms. The maximum absolute atomic E-state index is 5.99. The largest absolute Gasteiger partial charge is 0.355 e. The summed E-state index contributed by atoms with van der Waals surface area (Å²) in [5, 5.41) is 3.50. The molecule has 1 atom stereocenters. The lowest BCUT2D eigenvalue weighted by Crippen LogP contribution is -2.55. The van der Waals surface area contributed by atoms with Crippen LogP contribution in [0.2, 0.25) is 4.34 Å². The first-order valence-electron chi connectivity index (χ1n) is 7.54. The molecule has 0 aromatic carbocycles. The van der Waals surface area contributed by atoms with E-state index in [2.05, 4.69) is 52.2 Å². The van der Waals surface area contributed by atoms with Crippen molar-refractivity contribution in [1.82, 2.24) is 20.0 Å². The SMILES string of the molecule is CN=C(NCC1CN(C)CCN1C)N(C)Cc1ccc(Cl)s1. The molecule has 1 saturated heterocycles. The molecule has 22 heavy (non-hydrogen) atoms. The van der Waals surface area contributed by atoms with Gasteiger partial charge in [0.2, 0.25) is 0 Å². The Morgan fingerprint density at radius 1 is 1.45 bits per heavy atom. The van der Waals surface area contributed by atoms with E-state index in [0.29, 0.717) is 6.04 Å². The third kappa shape index (κ3) is 4.84. The van der Waals surface area contributed by atoms with Crippen molar-refractivity contribution in [2.24, 2.45) is 4.99 Å². The Kier molecular flexibility index (Phi) is 6.50. The van der Waals surface area contributed by atoms with Crippen LogP contribution in [0.15, 0.2) is 17.1 Å². The van der Waals surface area contributed by atoms with Gasteiger partial charge in [0.15, 0.2) is 5.96 Å². The quantitative estimate of drug-likeness (QED) is 0.666. The fourth-order valence-electron chi connectivity index (χ4n) is 2.66.